The molecule has 0 unspecified atom stereocenters. The van der Waals surface area contributed by atoms with Gasteiger partial charge in [-0.3, -0.25) is 0 Å². The molecule has 0 N–H and O–H groups in total. The molecular weight excluding hydrogens is 188 g/mol. The highest BCUT2D eigenvalue weighted by Crippen LogP contribution is 2.12. The summed E-state index contributed by atoms with van der Waals surface area (Å²) >= 11 is 0. The molecule has 0 saturated heterocycles. The highest BCUT2D eigenvalue weighted by molar-refractivity contribution is 6.90. The van der Waals surface area contributed by atoms with E-state index in [1.54, 1.807) is 5.19 Å². The summed E-state index contributed by atoms with van der Waals surface area (Å²) in [5, 5.41) is 1.60. The molecule has 70 valence electrons. The van der Waals surface area contributed by atoms with Gasteiger partial charge in [-0.15, -0.1) is 0 Å². The number of rotatable bonds is 4. The van der Waals surface area contributed by atoms with Crippen molar-refractivity contribution < 1.29 is 0 Å². The van der Waals surface area contributed by atoms with E-state index in [-0.39, 0.29) is 0 Å². The van der Waals surface area contributed by atoms with Crippen molar-refractivity contribution in [1.29, 1.82) is 0 Å². The summed E-state index contributed by atoms with van der Waals surface area (Å²) in [4.78, 5) is 0. The van der Waals surface area contributed by atoms with Crippen molar-refractivity contribution in [3.63, 3.8) is 0 Å². The van der Waals surface area contributed by atoms with Crippen molar-refractivity contribution in [2.45, 2.75) is 31.7 Å². The Hall–Kier alpha value is -0.346. The Morgan fingerprint density at radius 1 is 1.15 bits per heavy atom. The predicted molar refractivity (Wildman–Crippen MR) is 64.8 cm³/mol. The van der Waals surface area contributed by atoms with Gasteiger partial charge in [-0.1, -0.05) is 67.2 Å². The Balaban J connectivity index is 2.69. The first-order chi connectivity index (χ1) is 6.17. The first kappa shape index (κ1) is 10.7. The molecule has 0 heterocycles. The zero-order valence-corrected chi connectivity index (χ0v) is 10.8. The van der Waals surface area contributed by atoms with Crippen molar-refractivity contribution in [2.75, 3.05) is 0 Å². The standard InChI is InChI=1S/C11H18Si2/c1-12-9-10-13(2,3)11-7-5-4-6-8-11/h4-8H,9-10H2,1-3H3. The van der Waals surface area contributed by atoms with Gasteiger partial charge in [-0.2, -0.15) is 0 Å². The summed E-state index contributed by atoms with van der Waals surface area (Å²) in [5.74, 6) is 0. The minimum absolute atomic E-state index is 1.09. The molecule has 2 radical (unpaired) electrons. The van der Waals surface area contributed by atoms with E-state index in [0.29, 0.717) is 0 Å². The van der Waals surface area contributed by atoms with Crippen LogP contribution in [0.3, 0.4) is 0 Å². The van der Waals surface area contributed by atoms with Crippen molar-refractivity contribution in [2.24, 2.45) is 0 Å². The lowest BCUT2D eigenvalue weighted by atomic mass is 10.4. The highest BCUT2D eigenvalue weighted by atomic mass is 28.3. The quantitative estimate of drug-likeness (QED) is 0.665. The van der Waals surface area contributed by atoms with Crippen LogP contribution in [0.2, 0.25) is 31.7 Å². The summed E-state index contributed by atoms with van der Waals surface area (Å²) in [6, 6.07) is 13.9. The Morgan fingerprint density at radius 3 is 2.31 bits per heavy atom. The maximum absolute atomic E-state index is 2.47. The molecular formula is C11H18Si2. The molecule has 13 heavy (non-hydrogen) atoms. The zero-order valence-electron chi connectivity index (χ0n) is 8.80. The van der Waals surface area contributed by atoms with E-state index in [9.17, 15) is 0 Å². The van der Waals surface area contributed by atoms with E-state index in [1.165, 1.54) is 12.1 Å². The van der Waals surface area contributed by atoms with Crippen LogP contribution in [0.25, 0.3) is 0 Å². The zero-order chi connectivity index (χ0) is 9.73. The van der Waals surface area contributed by atoms with Crippen LogP contribution in [0, 0.1) is 0 Å². The van der Waals surface area contributed by atoms with Gasteiger partial charge in [0.15, 0.2) is 0 Å². The van der Waals surface area contributed by atoms with E-state index in [1.807, 2.05) is 0 Å². The van der Waals surface area contributed by atoms with Crippen LogP contribution < -0.4 is 5.19 Å². The largest absolute Gasteiger partial charge is 0.0803 e. The molecule has 1 aromatic rings. The van der Waals surface area contributed by atoms with E-state index in [4.69, 9.17) is 0 Å². The molecule has 0 nitrogen and oxygen atoms in total. The predicted octanol–water partition coefficient (Wildman–Crippen LogP) is 2.77. The van der Waals surface area contributed by atoms with Gasteiger partial charge in [0, 0.05) is 9.52 Å². The Labute approximate surface area is 85.2 Å². The fourth-order valence-electron chi connectivity index (χ4n) is 1.47. The molecule has 2 heteroatoms. The van der Waals surface area contributed by atoms with Gasteiger partial charge in [0.2, 0.25) is 0 Å². The third kappa shape index (κ3) is 3.12. The summed E-state index contributed by atoms with van der Waals surface area (Å²) in [6.45, 7) is 7.25. The third-order valence-electron chi connectivity index (χ3n) is 2.56. The molecule has 0 fully saturated rings. The van der Waals surface area contributed by atoms with Gasteiger partial charge in [-0.05, 0) is 0 Å². The second-order valence-electron chi connectivity index (χ2n) is 4.10. The lowest BCUT2D eigenvalue weighted by molar-refractivity contribution is 1.34. The molecule has 0 bridgehead atoms. The number of benzene rings is 1. The molecule has 0 amide bonds. The number of hydrogen-bond donors (Lipinski definition) is 0. The van der Waals surface area contributed by atoms with Crippen LogP contribution in [-0.4, -0.2) is 17.6 Å². The summed E-state index contributed by atoms with van der Waals surface area (Å²) in [5.41, 5.74) is 0. The average Bonchev–Trinajstić information content (AvgIpc) is 2.16. The van der Waals surface area contributed by atoms with Crippen LogP contribution in [0.15, 0.2) is 30.3 Å². The van der Waals surface area contributed by atoms with E-state index in [0.717, 1.165) is 9.52 Å². The summed E-state index contributed by atoms with van der Waals surface area (Å²) in [7, 11) is 0.0175. The van der Waals surface area contributed by atoms with Crippen molar-refractivity contribution in [3.8, 4) is 0 Å². The maximum atomic E-state index is 2.47. The molecule has 0 atom stereocenters. The van der Waals surface area contributed by atoms with Crippen LogP contribution in [0.4, 0.5) is 0 Å². The minimum Gasteiger partial charge on any atom is -0.0733 e. The molecule has 0 aliphatic heterocycles. The molecule has 0 saturated carbocycles. The smallest absolute Gasteiger partial charge is 0.0733 e. The first-order valence-corrected chi connectivity index (χ1v) is 9.78. The second-order valence-corrected chi connectivity index (χ2v) is 10.2. The molecule has 0 aliphatic carbocycles. The third-order valence-corrected chi connectivity index (χ3v) is 7.20. The first-order valence-electron chi connectivity index (χ1n) is 4.87. The van der Waals surface area contributed by atoms with Gasteiger partial charge in [-0.25, -0.2) is 0 Å². The normalized spacial score (nSPS) is 11.6. The van der Waals surface area contributed by atoms with Crippen LogP contribution in [0.5, 0.6) is 0 Å². The van der Waals surface area contributed by atoms with E-state index >= 15 is 0 Å². The summed E-state index contributed by atoms with van der Waals surface area (Å²) in [6.07, 6.45) is 0. The van der Waals surface area contributed by atoms with E-state index < -0.39 is 8.07 Å². The van der Waals surface area contributed by atoms with Crippen molar-refractivity contribution in [3.05, 3.63) is 30.3 Å². The lowest BCUT2D eigenvalue weighted by Gasteiger charge is -2.22. The van der Waals surface area contributed by atoms with Crippen molar-refractivity contribution in [1.82, 2.24) is 0 Å². The van der Waals surface area contributed by atoms with Gasteiger partial charge in [0.05, 0.1) is 8.07 Å². The van der Waals surface area contributed by atoms with Crippen LogP contribution >= 0.6 is 0 Å². The van der Waals surface area contributed by atoms with E-state index in [2.05, 4.69) is 50.0 Å². The van der Waals surface area contributed by atoms with Gasteiger partial charge in [0.1, 0.15) is 0 Å². The van der Waals surface area contributed by atoms with Gasteiger partial charge in [0.25, 0.3) is 0 Å². The monoisotopic (exact) mass is 206 g/mol. The van der Waals surface area contributed by atoms with Crippen molar-refractivity contribution >= 4 is 22.8 Å². The van der Waals surface area contributed by atoms with Crippen LogP contribution in [0.1, 0.15) is 0 Å². The fourth-order valence-corrected chi connectivity index (χ4v) is 6.35. The molecule has 0 aromatic heterocycles. The number of hydrogen-bond acceptors (Lipinski definition) is 0. The SMILES string of the molecule is C[Si]CC[Si](C)(C)c1ccccc1. The summed E-state index contributed by atoms with van der Waals surface area (Å²) < 4.78 is 0. The average molecular weight is 206 g/mol. The molecule has 0 spiro atoms. The van der Waals surface area contributed by atoms with Crippen LogP contribution in [-0.2, 0) is 0 Å². The lowest BCUT2D eigenvalue weighted by Crippen LogP contribution is -2.40. The fraction of sp³-hybridized carbons (Fsp3) is 0.455. The highest BCUT2D eigenvalue weighted by Gasteiger charge is 2.21. The maximum Gasteiger partial charge on any atom is 0.0803 e. The Morgan fingerprint density at radius 2 is 1.77 bits per heavy atom. The molecule has 1 aromatic carbocycles. The van der Waals surface area contributed by atoms with Gasteiger partial charge >= 0.3 is 0 Å². The van der Waals surface area contributed by atoms with Gasteiger partial charge < -0.3 is 0 Å². The Bertz CT molecular complexity index is 242. The minimum atomic E-state index is -1.09. The molecule has 0 aliphatic rings. The topological polar surface area (TPSA) is 0 Å². The molecule has 1 rings (SSSR count). The Kier molecular flexibility index (Phi) is 3.94. The second kappa shape index (κ2) is 4.77.